The Balaban J connectivity index is 1.54. The second kappa shape index (κ2) is 10.5. The van der Waals surface area contributed by atoms with Gasteiger partial charge in [-0.25, -0.2) is 4.79 Å². The Labute approximate surface area is 199 Å². The summed E-state index contributed by atoms with van der Waals surface area (Å²) in [6.07, 6.45) is 0.794. The van der Waals surface area contributed by atoms with Crippen molar-refractivity contribution in [2.24, 2.45) is 0 Å². The van der Waals surface area contributed by atoms with Crippen molar-refractivity contribution in [3.05, 3.63) is 76.6 Å². The van der Waals surface area contributed by atoms with E-state index in [1.54, 1.807) is 14.0 Å². The number of esters is 1. The van der Waals surface area contributed by atoms with Crippen LogP contribution >= 0.6 is 0 Å². The zero-order valence-electron chi connectivity index (χ0n) is 19.8. The fourth-order valence-electron chi connectivity index (χ4n) is 4.23. The molecule has 0 spiro atoms. The van der Waals surface area contributed by atoms with Crippen LogP contribution in [0.15, 0.2) is 48.5 Å². The smallest absolute Gasteiger partial charge is 0.359 e. The van der Waals surface area contributed by atoms with Gasteiger partial charge < -0.3 is 14.8 Å². The van der Waals surface area contributed by atoms with Crippen molar-refractivity contribution in [1.82, 2.24) is 14.7 Å². The topological polar surface area (TPSA) is 85.7 Å². The first kappa shape index (κ1) is 23.5. The first-order valence-electron chi connectivity index (χ1n) is 11.4. The number of benzene rings is 2. The van der Waals surface area contributed by atoms with Gasteiger partial charge >= 0.3 is 5.97 Å². The molecular formula is C26H30N4O4. The molecule has 2 heterocycles. The van der Waals surface area contributed by atoms with Gasteiger partial charge in [0.2, 0.25) is 5.91 Å². The van der Waals surface area contributed by atoms with Crippen molar-refractivity contribution in [3.8, 4) is 5.75 Å². The minimum Gasteiger partial charge on any atom is -0.497 e. The third-order valence-electron chi connectivity index (χ3n) is 5.85. The summed E-state index contributed by atoms with van der Waals surface area (Å²) in [5.41, 5.74) is 5.42. The van der Waals surface area contributed by atoms with Gasteiger partial charge in [-0.2, -0.15) is 5.10 Å². The van der Waals surface area contributed by atoms with E-state index >= 15 is 0 Å². The summed E-state index contributed by atoms with van der Waals surface area (Å²) in [5, 5.41) is 7.46. The van der Waals surface area contributed by atoms with E-state index < -0.39 is 0 Å². The molecule has 0 bridgehead atoms. The quantitative estimate of drug-likeness (QED) is 0.515. The van der Waals surface area contributed by atoms with Gasteiger partial charge in [-0.15, -0.1) is 0 Å². The van der Waals surface area contributed by atoms with Crippen LogP contribution in [0.2, 0.25) is 0 Å². The maximum Gasteiger partial charge on any atom is 0.359 e. The van der Waals surface area contributed by atoms with Gasteiger partial charge in [-0.3, -0.25) is 14.4 Å². The fraction of sp³-hybridized carbons (Fsp3) is 0.346. The monoisotopic (exact) mass is 462 g/mol. The number of hydrogen-bond acceptors (Lipinski definition) is 6. The van der Waals surface area contributed by atoms with Gasteiger partial charge in [-0.05, 0) is 42.3 Å². The number of carbonyl (C=O) groups is 2. The Morgan fingerprint density at radius 3 is 2.35 bits per heavy atom. The Hall–Kier alpha value is -3.65. The summed E-state index contributed by atoms with van der Waals surface area (Å²) in [6.45, 7) is 6.41. The second-order valence-electron chi connectivity index (χ2n) is 8.34. The van der Waals surface area contributed by atoms with Gasteiger partial charge in [0.05, 0.1) is 20.3 Å². The van der Waals surface area contributed by atoms with Crippen molar-refractivity contribution in [3.63, 3.8) is 0 Å². The van der Waals surface area contributed by atoms with Crippen molar-refractivity contribution in [2.45, 2.75) is 39.9 Å². The molecule has 34 heavy (non-hydrogen) atoms. The van der Waals surface area contributed by atoms with Crippen molar-refractivity contribution in [1.29, 1.82) is 0 Å². The summed E-state index contributed by atoms with van der Waals surface area (Å²) < 4.78 is 12.5. The van der Waals surface area contributed by atoms with Crippen LogP contribution in [0.1, 0.15) is 46.7 Å². The van der Waals surface area contributed by atoms with Crippen LogP contribution in [-0.4, -0.2) is 46.8 Å². The molecule has 8 nitrogen and oxygen atoms in total. The molecule has 0 saturated carbocycles. The molecule has 1 N–H and O–H groups in total. The maximum absolute atomic E-state index is 12.7. The highest BCUT2D eigenvalue weighted by molar-refractivity contribution is 5.89. The average Bonchev–Trinajstić information content (AvgIpc) is 3.18. The van der Waals surface area contributed by atoms with Crippen molar-refractivity contribution < 1.29 is 19.1 Å². The van der Waals surface area contributed by atoms with Gasteiger partial charge in [0.15, 0.2) is 5.69 Å². The van der Waals surface area contributed by atoms with Crippen LogP contribution in [0.4, 0.5) is 5.69 Å². The highest BCUT2D eigenvalue weighted by Gasteiger charge is 2.29. The molecule has 1 aromatic heterocycles. The number of anilines is 1. The molecule has 1 aliphatic heterocycles. The Bertz CT molecular complexity index is 1150. The SMILES string of the molecule is CCOC(=O)c1nn(Cc2ccc(OC)cc2)c2c1CN(Cc1ccc(NC(C)=O)cc1)CC2. The van der Waals surface area contributed by atoms with Crippen molar-refractivity contribution in [2.75, 3.05) is 25.6 Å². The molecule has 8 heteroatoms. The number of aromatic nitrogens is 2. The van der Waals surface area contributed by atoms with E-state index in [0.29, 0.717) is 25.4 Å². The zero-order chi connectivity index (χ0) is 24.1. The summed E-state index contributed by atoms with van der Waals surface area (Å²) in [5.74, 6) is 0.336. The molecule has 0 saturated heterocycles. The number of nitrogens with zero attached hydrogens (tertiary/aromatic N) is 3. The fourth-order valence-corrected chi connectivity index (χ4v) is 4.23. The van der Waals surface area contributed by atoms with Crippen LogP contribution in [0.25, 0.3) is 0 Å². The van der Waals surface area contributed by atoms with Crippen LogP contribution in [0.5, 0.6) is 5.75 Å². The van der Waals surface area contributed by atoms with E-state index in [9.17, 15) is 9.59 Å². The molecule has 0 atom stereocenters. The van der Waals surface area contributed by atoms with E-state index in [-0.39, 0.29) is 11.9 Å². The number of carbonyl (C=O) groups excluding carboxylic acids is 2. The van der Waals surface area contributed by atoms with E-state index in [1.165, 1.54) is 6.92 Å². The number of rotatable bonds is 8. The molecule has 3 aromatic rings. The molecule has 0 radical (unpaired) electrons. The Morgan fingerprint density at radius 1 is 1.03 bits per heavy atom. The summed E-state index contributed by atoms with van der Waals surface area (Å²) in [4.78, 5) is 26.2. The molecular weight excluding hydrogens is 432 g/mol. The third kappa shape index (κ3) is 5.46. The van der Waals surface area contributed by atoms with E-state index in [2.05, 4.69) is 15.3 Å². The summed E-state index contributed by atoms with van der Waals surface area (Å²) in [6, 6.07) is 15.7. The second-order valence-corrected chi connectivity index (χ2v) is 8.34. The van der Waals surface area contributed by atoms with Gasteiger partial charge in [0.25, 0.3) is 0 Å². The Kier molecular flexibility index (Phi) is 7.27. The molecule has 4 rings (SSSR count). The largest absolute Gasteiger partial charge is 0.497 e. The minimum absolute atomic E-state index is 0.0885. The number of nitrogens with one attached hydrogen (secondary N) is 1. The minimum atomic E-state index is -0.381. The highest BCUT2D eigenvalue weighted by atomic mass is 16.5. The number of fused-ring (bicyclic) bond motifs is 1. The molecule has 0 unspecified atom stereocenters. The third-order valence-corrected chi connectivity index (χ3v) is 5.85. The van der Waals surface area contributed by atoms with E-state index in [1.807, 2.05) is 53.2 Å². The molecule has 0 aliphatic carbocycles. The number of amides is 1. The van der Waals surface area contributed by atoms with Gasteiger partial charge in [0.1, 0.15) is 5.75 Å². The maximum atomic E-state index is 12.7. The standard InChI is InChI=1S/C26H30N4O4/c1-4-34-26(32)25-23-17-29(15-19-5-9-21(10-6-19)27-18(2)31)14-13-24(23)30(28-25)16-20-7-11-22(33-3)12-8-20/h5-12H,4,13-17H2,1-3H3,(H,27,31). The van der Waals surface area contributed by atoms with Crippen LogP contribution < -0.4 is 10.1 Å². The lowest BCUT2D eigenvalue weighted by Gasteiger charge is -2.27. The highest BCUT2D eigenvalue weighted by Crippen LogP contribution is 2.26. The molecule has 0 fully saturated rings. The zero-order valence-corrected chi connectivity index (χ0v) is 19.8. The lowest BCUT2D eigenvalue weighted by Crippen LogP contribution is -2.31. The predicted octanol–water partition coefficient (Wildman–Crippen LogP) is 3.63. The van der Waals surface area contributed by atoms with Crippen LogP contribution in [0.3, 0.4) is 0 Å². The normalized spacial score (nSPS) is 13.3. The molecule has 178 valence electrons. The van der Waals surface area contributed by atoms with Crippen molar-refractivity contribution >= 4 is 17.6 Å². The summed E-state index contributed by atoms with van der Waals surface area (Å²) >= 11 is 0. The molecule has 1 amide bonds. The number of ether oxygens (including phenoxy) is 2. The lowest BCUT2D eigenvalue weighted by molar-refractivity contribution is -0.114. The van der Waals surface area contributed by atoms with Crippen LogP contribution in [0, 0.1) is 0 Å². The van der Waals surface area contributed by atoms with E-state index in [4.69, 9.17) is 9.47 Å². The van der Waals surface area contributed by atoms with Crippen LogP contribution in [-0.2, 0) is 35.6 Å². The predicted molar refractivity (Wildman–Crippen MR) is 129 cm³/mol. The van der Waals surface area contributed by atoms with E-state index in [0.717, 1.165) is 53.3 Å². The first-order valence-corrected chi connectivity index (χ1v) is 11.4. The molecule has 1 aliphatic rings. The number of hydrogen-bond donors (Lipinski definition) is 1. The van der Waals surface area contributed by atoms with Gasteiger partial charge in [-0.1, -0.05) is 24.3 Å². The molecule has 2 aromatic carbocycles. The average molecular weight is 463 g/mol. The number of methoxy groups -OCH3 is 1. The Morgan fingerprint density at radius 2 is 1.71 bits per heavy atom. The van der Waals surface area contributed by atoms with Gasteiger partial charge in [0, 0.05) is 49.9 Å². The first-order chi connectivity index (χ1) is 16.5. The summed E-state index contributed by atoms with van der Waals surface area (Å²) in [7, 11) is 1.65. The lowest BCUT2D eigenvalue weighted by atomic mass is 10.0.